The first-order valence-electron chi connectivity index (χ1n) is 4.22. The molecule has 1 heterocycles. The third kappa shape index (κ3) is 1.82. The van der Waals surface area contributed by atoms with Gasteiger partial charge in [0.2, 0.25) is 0 Å². The molecule has 66 valence electrons. The molecule has 13 heavy (non-hydrogen) atoms. The van der Waals surface area contributed by atoms with E-state index >= 15 is 0 Å². The van der Waals surface area contributed by atoms with Crippen molar-refractivity contribution in [2.45, 2.75) is 13.8 Å². The van der Waals surface area contributed by atoms with Gasteiger partial charge in [-0.2, -0.15) is 0 Å². The predicted octanol–water partition coefficient (Wildman–Crippen LogP) is 3.98. The Balaban J connectivity index is 2.47. The van der Waals surface area contributed by atoms with Gasteiger partial charge in [-0.3, -0.25) is 0 Å². The molecule has 0 bridgehead atoms. The maximum atomic E-state index is 4.41. The van der Waals surface area contributed by atoms with Crippen LogP contribution in [0.1, 0.15) is 11.3 Å². The fourth-order valence-corrected chi connectivity index (χ4v) is 4.04. The second-order valence-corrected chi connectivity index (χ2v) is 5.49. The van der Waals surface area contributed by atoms with E-state index < -0.39 is 0 Å². The summed E-state index contributed by atoms with van der Waals surface area (Å²) in [6.45, 7) is 4.21. The molecule has 1 atom stereocenters. The Morgan fingerprint density at radius 2 is 1.85 bits per heavy atom. The summed E-state index contributed by atoms with van der Waals surface area (Å²) >= 11 is 0. The van der Waals surface area contributed by atoms with E-state index in [1.807, 2.05) is 0 Å². The number of hydrogen-bond donors (Lipinski definition) is 0. The first-order valence-corrected chi connectivity index (χ1v) is 6.90. The third-order valence-corrected chi connectivity index (χ3v) is 4.66. The molecule has 0 saturated carbocycles. The van der Waals surface area contributed by atoms with Gasteiger partial charge in [-0.25, -0.2) is 4.75 Å². The molecule has 2 aromatic rings. The number of aromatic nitrogens is 1. The Bertz CT molecular complexity index is 403. The van der Waals surface area contributed by atoms with Gasteiger partial charge >= 0.3 is 0 Å². The summed E-state index contributed by atoms with van der Waals surface area (Å²) in [5, 5.41) is 1.40. The number of hydrogen-bond acceptors (Lipinski definition) is 1. The van der Waals surface area contributed by atoms with Crippen LogP contribution in [-0.2, 0) is 0 Å². The lowest BCUT2D eigenvalue weighted by Gasteiger charge is -1.98. The lowest BCUT2D eigenvalue weighted by atomic mass is 10.1. The minimum Gasteiger partial charge on any atom is -0.240 e. The van der Waals surface area contributed by atoms with Gasteiger partial charge in [-0.1, -0.05) is 29.8 Å². The van der Waals surface area contributed by atoms with Gasteiger partial charge in [-0.05, 0) is 35.3 Å². The van der Waals surface area contributed by atoms with Gasteiger partial charge in [0.1, 0.15) is 0 Å². The van der Waals surface area contributed by atoms with Crippen LogP contribution in [-0.4, -0.2) is 4.75 Å². The molecule has 0 N–H and O–H groups in total. The van der Waals surface area contributed by atoms with Crippen LogP contribution in [0.15, 0.2) is 24.3 Å². The van der Waals surface area contributed by atoms with Crippen LogP contribution >= 0.6 is 15.9 Å². The minimum atomic E-state index is 0.715. The molecule has 0 spiro atoms. The Hall–Kier alpha value is -0.640. The third-order valence-electron chi connectivity index (χ3n) is 2.05. The Kier molecular flexibility index (Phi) is 2.49. The number of nitrogens with zero attached hydrogens (tertiary/aromatic N) is 1. The van der Waals surface area contributed by atoms with Gasteiger partial charge < -0.3 is 0 Å². The molecule has 2 rings (SSSR count). The van der Waals surface area contributed by atoms with E-state index in [1.165, 1.54) is 30.0 Å². The van der Waals surface area contributed by atoms with E-state index in [9.17, 15) is 0 Å². The van der Waals surface area contributed by atoms with E-state index in [1.54, 1.807) is 0 Å². The van der Waals surface area contributed by atoms with Crippen molar-refractivity contribution < 1.29 is 0 Å². The van der Waals surface area contributed by atoms with Crippen molar-refractivity contribution >= 4 is 15.9 Å². The van der Waals surface area contributed by atoms with E-state index in [4.69, 9.17) is 0 Å². The lowest BCUT2D eigenvalue weighted by molar-refractivity contribution is 1.35. The molecular weight excluding hydrogens is 196 g/mol. The molecular formula is C10H11NP2. The second-order valence-electron chi connectivity index (χ2n) is 3.12. The summed E-state index contributed by atoms with van der Waals surface area (Å²) in [7, 11) is 2.09. The van der Waals surface area contributed by atoms with Gasteiger partial charge in [0.25, 0.3) is 0 Å². The highest BCUT2D eigenvalue weighted by atomic mass is 31.8. The van der Waals surface area contributed by atoms with Crippen molar-refractivity contribution in [3.8, 4) is 10.9 Å². The molecule has 3 heteroatoms. The summed E-state index contributed by atoms with van der Waals surface area (Å²) in [5.74, 6) is 0. The second kappa shape index (κ2) is 3.62. The molecule has 0 aliphatic carbocycles. The smallest absolute Gasteiger partial charge is 0.0542 e. The predicted molar refractivity (Wildman–Crippen MR) is 61.2 cm³/mol. The number of benzene rings is 1. The minimum absolute atomic E-state index is 0.715. The largest absolute Gasteiger partial charge is 0.240 e. The Labute approximate surface area is 81.4 Å². The van der Waals surface area contributed by atoms with Crippen molar-refractivity contribution in [1.82, 2.24) is 4.75 Å². The number of rotatable bonds is 1. The molecule has 0 radical (unpaired) electrons. The average molecular weight is 207 g/mol. The van der Waals surface area contributed by atoms with Gasteiger partial charge in [-0.15, -0.1) is 0 Å². The maximum absolute atomic E-state index is 4.41. The molecule has 1 nitrogen and oxygen atoms in total. The number of aryl methyl sites for hydroxylation is 2. The molecule has 1 aromatic carbocycles. The van der Waals surface area contributed by atoms with Crippen molar-refractivity contribution in [3.05, 3.63) is 35.5 Å². The normalized spacial score (nSPS) is 11.5. The molecule has 0 fully saturated rings. The Morgan fingerprint density at radius 3 is 2.38 bits per heavy atom. The molecule has 0 aliphatic heterocycles. The molecule has 0 aliphatic rings. The maximum Gasteiger partial charge on any atom is 0.0542 e. The van der Waals surface area contributed by atoms with E-state index in [0.717, 1.165) is 0 Å². The highest BCUT2D eigenvalue weighted by molar-refractivity contribution is 7.90. The van der Waals surface area contributed by atoms with Gasteiger partial charge in [0.15, 0.2) is 0 Å². The standard InChI is InChI=1S/C10H11NP2/c1-7-3-5-9(6-4-7)10-8(2)11-13-12-10/h3-6,13H,1-2H3. The fourth-order valence-electron chi connectivity index (χ4n) is 1.27. The zero-order valence-electron chi connectivity index (χ0n) is 7.70. The fraction of sp³-hybridized carbons (Fsp3) is 0.200. The highest BCUT2D eigenvalue weighted by Crippen LogP contribution is 2.36. The van der Waals surface area contributed by atoms with Crippen molar-refractivity contribution in [2.75, 3.05) is 0 Å². The summed E-state index contributed by atoms with van der Waals surface area (Å²) in [6.07, 6.45) is 0. The van der Waals surface area contributed by atoms with Crippen LogP contribution in [0.4, 0.5) is 0 Å². The zero-order chi connectivity index (χ0) is 9.26. The quantitative estimate of drug-likeness (QED) is 0.689. The average Bonchev–Trinajstić information content (AvgIpc) is 2.53. The van der Waals surface area contributed by atoms with Crippen LogP contribution in [0.5, 0.6) is 0 Å². The molecule has 0 amide bonds. The van der Waals surface area contributed by atoms with Crippen molar-refractivity contribution in [3.63, 3.8) is 0 Å². The van der Waals surface area contributed by atoms with Crippen LogP contribution in [0, 0.1) is 13.8 Å². The van der Waals surface area contributed by atoms with E-state index in [0.29, 0.717) is 8.03 Å². The van der Waals surface area contributed by atoms with Crippen LogP contribution < -0.4 is 0 Å². The first kappa shape index (κ1) is 8.94. The van der Waals surface area contributed by atoms with Crippen LogP contribution in [0.3, 0.4) is 0 Å². The van der Waals surface area contributed by atoms with Gasteiger partial charge in [0.05, 0.1) is 5.69 Å². The summed E-state index contributed by atoms with van der Waals surface area (Å²) in [6, 6.07) is 8.69. The summed E-state index contributed by atoms with van der Waals surface area (Å²) < 4.78 is 4.41. The van der Waals surface area contributed by atoms with Crippen LogP contribution in [0.25, 0.3) is 10.9 Å². The summed E-state index contributed by atoms with van der Waals surface area (Å²) in [4.78, 5) is 0. The van der Waals surface area contributed by atoms with Crippen LogP contribution in [0.2, 0.25) is 0 Å². The summed E-state index contributed by atoms with van der Waals surface area (Å²) in [5.41, 5.74) is 3.86. The van der Waals surface area contributed by atoms with E-state index in [2.05, 4.69) is 42.9 Å². The van der Waals surface area contributed by atoms with Gasteiger partial charge in [0, 0.05) is 5.30 Å². The zero-order valence-corrected chi connectivity index (χ0v) is 9.60. The first-order chi connectivity index (χ1) is 6.27. The Morgan fingerprint density at radius 1 is 1.15 bits per heavy atom. The SMILES string of the molecule is Cc1ccc(-c2p[pH]nc2C)cc1. The topological polar surface area (TPSA) is 12.9 Å². The molecule has 1 aromatic heterocycles. The highest BCUT2D eigenvalue weighted by Gasteiger charge is 2.02. The molecule has 1 unspecified atom stereocenters. The molecule has 0 saturated heterocycles. The van der Waals surface area contributed by atoms with Crippen molar-refractivity contribution in [1.29, 1.82) is 0 Å². The van der Waals surface area contributed by atoms with E-state index in [-0.39, 0.29) is 0 Å². The van der Waals surface area contributed by atoms with Crippen molar-refractivity contribution in [2.24, 2.45) is 0 Å². The lowest BCUT2D eigenvalue weighted by Crippen LogP contribution is -1.77. The monoisotopic (exact) mass is 207 g/mol.